The molecule has 0 spiro atoms. The summed E-state index contributed by atoms with van der Waals surface area (Å²) in [5.41, 5.74) is 1.34. The Bertz CT molecular complexity index is 385. The molecular formula is C18H28ClN. The lowest BCUT2D eigenvalue weighted by Crippen LogP contribution is -2.40. The first-order valence-corrected chi connectivity index (χ1v) is 8.67. The number of halogens is 1. The third kappa shape index (κ3) is 4.79. The van der Waals surface area contributed by atoms with E-state index in [-0.39, 0.29) is 0 Å². The van der Waals surface area contributed by atoms with E-state index in [9.17, 15) is 0 Å². The Balaban J connectivity index is 1.53. The molecule has 0 heterocycles. The van der Waals surface area contributed by atoms with Crippen molar-refractivity contribution in [3.63, 3.8) is 0 Å². The fourth-order valence-electron chi connectivity index (χ4n) is 3.06. The Morgan fingerprint density at radius 2 is 1.75 bits per heavy atom. The number of benzene rings is 1. The molecule has 1 aromatic carbocycles. The summed E-state index contributed by atoms with van der Waals surface area (Å²) >= 11 is 6.25. The van der Waals surface area contributed by atoms with Gasteiger partial charge >= 0.3 is 0 Å². The molecule has 0 radical (unpaired) electrons. The maximum atomic E-state index is 6.25. The Kier molecular flexibility index (Phi) is 6.89. The summed E-state index contributed by atoms with van der Waals surface area (Å²) in [5.74, 6) is 0.672. The quantitative estimate of drug-likeness (QED) is 0.590. The normalized spacial score (nSPS) is 21.7. The molecule has 1 aromatic rings. The predicted octanol–water partition coefficient (Wildman–Crippen LogP) is 5.54. The second-order valence-corrected chi connectivity index (χ2v) is 6.52. The Morgan fingerprint density at radius 1 is 1.05 bits per heavy atom. The maximum Gasteiger partial charge on any atom is 0.0440 e. The van der Waals surface area contributed by atoms with Gasteiger partial charge in [-0.3, -0.25) is 0 Å². The van der Waals surface area contributed by atoms with E-state index in [4.69, 9.17) is 11.6 Å². The molecule has 1 fully saturated rings. The standard InChI is InChI=1S/C18H28ClN/c1-2-3-4-5-6-9-12-20-16-13-15(14-16)17-10-7-8-11-18(17)19/h7-8,10-11,15-16,20H,2-6,9,12-14H2,1H3. The summed E-state index contributed by atoms with van der Waals surface area (Å²) in [7, 11) is 0. The van der Waals surface area contributed by atoms with Gasteiger partial charge in [-0.15, -0.1) is 0 Å². The number of unbranched alkanes of at least 4 members (excludes halogenated alkanes) is 5. The van der Waals surface area contributed by atoms with E-state index in [1.165, 1.54) is 63.5 Å². The van der Waals surface area contributed by atoms with Crippen LogP contribution in [0.1, 0.15) is 69.8 Å². The number of hydrogen-bond donors (Lipinski definition) is 1. The van der Waals surface area contributed by atoms with Crippen molar-refractivity contribution in [2.45, 2.75) is 70.3 Å². The molecule has 2 rings (SSSR count). The van der Waals surface area contributed by atoms with Gasteiger partial charge in [0.25, 0.3) is 0 Å². The van der Waals surface area contributed by atoms with Gasteiger partial charge in [0.2, 0.25) is 0 Å². The monoisotopic (exact) mass is 293 g/mol. The van der Waals surface area contributed by atoms with Gasteiger partial charge in [0.15, 0.2) is 0 Å². The lowest BCUT2D eigenvalue weighted by molar-refractivity contribution is 0.289. The topological polar surface area (TPSA) is 12.0 Å². The fraction of sp³-hybridized carbons (Fsp3) is 0.667. The number of rotatable bonds is 9. The summed E-state index contributed by atoms with van der Waals surface area (Å²) in [6, 6.07) is 9.01. The molecule has 0 atom stereocenters. The summed E-state index contributed by atoms with van der Waals surface area (Å²) < 4.78 is 0. The van der Waals surface area contributed by atoms with Gasteiger partial charge in [-0.1, -0.05) is 68.8 Å². The van der Waals surface area contributed by atoms with Crippen molar-refractivity contribution < 1.29 is 0 Å². The Hall–Kier alpha value is -0.530. The first kappa shape index (κ1) is 15.9. The van der Waals surface area contributed by atoms with Crippen LogP contribution >= 0.6 is 11.6 Å². The van der Waals surface area contributed by atoms with E-state index in [0.717, 1.165) is 5.02 Å². The third-order valence-electron chi connectivity index (χ3n) is 4.45. The smallest absolute Gasteiger partial charge is 0.0440 e. The molecule has 1 nitrogen and oxygen atoms in total. The van der Waals surface area contributed by atoms with Crippen molar-refractivity contribution in [3.8, 4) is 0 Å². The fourth-order valence-corrected chi connectivity index (χ4v) is 3.35. The molecular weight excluding hydrogens is 266 g/mol. The van der Waals surface area contributed by atoms with Gasteiger partial charge in [0.05, 0.1) is 0 Å². The summed E-state index contributed by atoms with van der Waals surface area (Å²) in [6.45, 7) is 3.46. The van der Waals surface area contributed by atoms with Crippen molar-refractivity contribution in [1.29, 1.82) is 0 Å². The molecule has 1 aliphatic carbocycles. The zero-order chi connectivity index (χ0) is 14.2. The third-order valence-corrected chi connectivity index (χ3v) is 4.79. The van der Waals surface area contributed by atoms with Crippen LogP contribution in [0.4, 0.5) is 0 Å². The van der Waals surface area contributed by atoms with Crippen LogP contribution in [0.3, 0.4) is 0 Å². The zero-order valence-electron chi connectivity index (χ0n) is 12.7. The molecule has 0 saturated heterocycles. The van der Waals surface area contributed by atoms with Crippen molar-refractivity contribution in [2.75, 3.05) is 6.54 Å². The molecule has 1 aliphatic rings. The maximum absolute atomic E-state index is 6.25. The average Bonchev–Trinajstić information content (AvgIpc) is 2.41. The highest BCUT2D eigenvalue weighted by Crippen LogP contribution is 2.39. The van der Waals surface area contributed by atoms with Crippen LogP contribution in [0.15, 0.2) is 24.3 Å². The second kappa shape index (κ2) is 8.69. The van der Waals surface area contributed by atoms with Crippen molar-refractivity contribution in [1.82, 2.24) is 5.32 Å². The Labute approximate surface area is 129 Å². The van der Waals surface area contributed by atoms with Crippen LogP contribution in [-0.2, 0) is 0 Å². The first-order chi connectivity index (χ1) is 9.81. The van der Waals surface area contributed by atoms with Crippen LogP contribution in [0.5, 0.6) is 0 Å². The molecule has 0 aromatic heterocycles. The number of hydrogen-bond acceptors (Lipinski definition) is 1. The predicted molar refractivity (Wildman–Crippen MR) is 88.6 cm³/mol. The molecule has 1 N–H and O–H groups in total. The zero-order valence-corrected chi connectivity index (χ0v) is 13.5. The van der Waals surface area contributed by atoms with E-state index in [1.807, 2.05) is 12.1 Å². The van der Waals surface area contributed by atoms with Crippen molar-refractivity contribution >= 4 is 11.6 Å². The molecule has 20 heavy (non-hydrogen) atoms. The largest absolute Gasteiger partial charge is 0.314 e. The highest BCUT2D eigenvalue weighted by atomic mass is 35.5. The minimum absolute atomic E-state index is 0.672. The first-order valence-electron chi connectivity index (χ1n) is 8.29. The van der Waals surface area contributed by atoms with E-state index in [1.54, 1.807) is 0 Å². The molecule has 0 aliphatic heterocycles. The lowest BCUT2D eigenvalue weighted by Gasteiger charge is -2.37. The van der Waals surface area contributed by atoms with E-state index < -0.39 is 0 Å². The average molecular weight is 294 g/mol. The van der Waals surface area contributed by atoms with Crippen molar-refractivity contribution in [3.05, 3.63) is 34.9 Å². The minimum atomic E-state index is 0.672. The van der Waals surface area contributed by atoms with E-state index >= 15 is 0 Å². The van der Waals surface area contributed by atoms with E-state index in [2.05, 4.69) is 24.4 Å². The molecule has 0 amide bonds. The highest BCUT2D eigenvalue weighted by Gasteiger charge is 2.30. The molecule has 112 valence electrons. The van der Waals surface area contributed by atoms with Gasteiger partial charge in [-0.2, -0.15) is 0 Å². The van der Waals surface area contributed by atoms with Crippen molar-refractivity contribution in [2.24, 2.45) is 0 Å². The summed E-state index contributed by atoms with van der Waals surface area (Å²) in [4.78, 5) is 0. The van der Waals surface area contributed by atoms with Crippen LogP contribution in [0.25, 0.3) is 0 Å². The van der Waals surface area contributed by atoms with Gasteiger partial charge in [-0.25, -0.2) is 0 Å². The van der Waals surface area contributed by atoms with Crippen LogP contribution in [0.2, 0.25) is 5.02 Å². The van der Waals surface area contributed by atoms with Gasteiger partial charge < -0.3 is 5.32 Å². The minimum Gasteiger partial charge on any atom is -0.314 e. The van der Waals surface area contributed by atoms with Gasteiger partial charge in [-0.05, 0) is 43.4 Å². The van der Waals surface area contributed by atoms with Crippen LogP contribution in [0, 0.1) is 0 Å². The summed E-state index contributed by atoms with van der Waals surface area (Å²) in [5, 5.41) is 4.62. The summed E-state index contributed by atoms with van der Waals surface area (Å²) in [6.07, 6.45) is 10.8. The highest BCUT2D eigenvalue weighted by molar-refractivity contribution is 6.31. The molecule has 0 bridgehead atoms. The SMILES string of the molecule is CCCCCCCCNC1CC(c2ccccc2Cl)C1. The lowest BCUT2D eigenvalue weighted by atomic mass is 9.76. The van der Waals surface area contributed by atoms with E-state index in [0.29, 0.717) is 12.0 Å². The van der Waals surface area contributed by atoms with Crippen LogP contribution in [-0.4, -0.2) is 12.6 Å². The number of nitrogens with one attached hydrogen (secondary N) is 1. The second-order valence-electron chi connectivity index (χ2n) is 6.11. The van der Waals surface area contributed by atoms with Gasteiger partial charge in [0, 0.05) is 11.1 Å². The van der Waals surface area contributed by atoms with Crippen LogP contribution < -0.4 is 5.32 Å². The van der Waals surface area contributed by atoms with Gasteiger partial charge in [0.1, 0.15) is 0 Å². The molecule has 2 heteroatoms. The molecule has 0 unspecified atom stereocenters. The Morgan fingerprint density at radius 3 is 2.50 bits per heavy atom. The molecule has 1 saturated carbocycles.